The quantitative estimate of drug-likeness (QED) is 0.882. The molecule has 1 aromatic heterocycles. The number of halogens is 1. The summed E-state index contributed by atoms with van der Waals surface area (Å²) in [4.78, 5) is 0. The van der Waals surface area contributed by atoms with Crippen molar-refractivity contribution in [2.75, 3.05) is 5.32 Å². The van der Waals surface area contributed by atoms with Crippen LogP contribution >= 0.6 is 15.9 Å². The molecular formula is C15H18BrN3O. The number of aliphatic hydroxyl groups excluding tert-OH is 1. The predicted molar refractivity (Wildman–Crippen MR) is 82.6 cm³/mol. The number of aryl methyl sites for hydroxylation is 1. The Morgan fingerprint density at radius 1 is 1.40 bits per heavy atom. The van der Waals surface area contributed by atoms with Crippen molar-refractivity contribution in [3.05, 3.63) is 45.7 Å². The molecule has 1 aliphatic rings. The molecule has 1 fully saturated rings. The summed E-state index contributed by atoms with van der Waals surface area (Å²) < 4.78 is 2.97. The molecule has 0 atom stereocenters. The number of anilines is 1. The number of aliphatic hydroxyl groups is 1. The Bertz CT molecular complexity index is 620. The summed E-state index contributed by atoms with van der Waals surface area (Å²) in [7, 11) is 2.01. The van der Waals surface area contributed by atoms with Crippen LogP contribution in [0.3, 0.4) is 0 Å². The Morgan fingerprint density at radius 2 is 2.20 bits per heavy atom. The molecule has 2 N–H and O–H groups in total. The Balaban J connectivity index is 1.77. The zero-order valence-electron chi connectivity index (χ0n) is 11.4. The van der Waals surface area contributed by atoms with Gasteiger partial charge < -0.3 is 10.4 Å². The van der Waals surface area contributed by atoms with E-state index in [0.717, 1.165) is 22.3 Å². The molecule has 1 heterocycles. The fourth-order valence-electron chi connectivity index (χ4n) is 2.57. The van der Waals surface area contributed by atoms with Crippen LogP contribution in [0.15, 0.2) is 28.9 Å². The second-order valence-electron chi connectivity index (χ2n) is 5.27. The monoisotopic (exact) mass is 335 g/mol. The van der Waals surface area contributed by atoms with Gasteiger partial charge >= 0.3 is 0 Å². The average Bonchev–Trinajstić information content (AvgIpc) is 3.21. The van der Waals surface area contributed by atoms with Crippen molar-refractivity contribution in [3.63, 3.8) is 0 Å². The minimum Gasteiger partial charge on any atom is -0.392 e. The lowest BCUT2D eigenvalue weighted by atomic mass is 10.1. The van der Waals surface area contributed by atoms with Crippen LogP contribution < -0.4 is 5.32 Å². The topological polar surface area (TPSA) is 50.1 Å². The van der Waals surface area contributed by atoms with E-state index < -0.39 is 0 Å². The highest BCUT2D eigenvalue weighted by Crippen LogP contribution is 2.41. The molecule has 1 aliphatic carbocycles. The van der Waals surface area contributed by atoms with Crippen LogP contribution in [0, 0.1) is 0 Å². The van der Waals surface area contributed by atoms with E-state index in [0.29, 0.717) is 5.92 Å². The van der Waals surface area contributed by atoms with Crippen molar-refractivity contribution in [3.8, 4) is 0 Å². The molecule has 5 heteroatoms. The molecule has 106 valence electrons. The highest BCUT2D eigenvalue weighted by Gasteiger charge is 2.29. The third kappa shape index (κ3) is 2.74. The molecular weight excluding hydrogens is 318 g/mol. The predicted octanol–water partition coefficient (Wildman–Crippen LogP) is 3.16. The van der Waals surface area contributed by atoms with Gasteiger partial charge in [-0.15, -0.1) is 0 Å². The maximum Gasteiger partial charge on any atom is 0.0702 e. The SMILES string of the molecule is Cn1ncc(CNc2ccc(Br)cc2CO)c1C1CC1. The number of aromatic nitrogens is 2. The first kappa shape index (κ1) is 13.6. The molecule has 0 bridgehead atoms. The second-order valence-corrected chi connectivity index (χ2v) is 6.18. The fraction of sp³-hybridized carbons (Fsp3) is 0.400. The number of benzene rings is 1. The summed E-state index contributed by atoms with van der Waals surface area (Å²) in [6.07, 6.45) is 4.48. The minimum atomic E-state index is 0.0320. The molecule has 0 radical (unpaired) electrons. The Kier molecular flexibility index (Phi) is 3.81. The lowest BCUT2D eigenvalue weighted by Gasteiger charge is -2.11. The Hall–Kier alpha value is -1.33. The third-order valence-electron chi connectivity index (χ3n) is 3.74. The van der Waals surface area contributed by atoms with Gasteiger partial charge in [0.2, 0.25) is 0 Å². The van der Waals surface area contributed by atoms with E-state index in [1.807, 2.05) is 36.1 Å². The van der Waals surface area contributed by atoms with Gasteiger partial charge in [-0.3, -0.25) is 4.68 Å². The van der Waals surface area contributed by atoms with Gasteiger partial charge in [0.05, 0.1) is 12.8 Å². The summed E-state index contributed by atoms with van der Waals surface area (Å²) in [5.74, 6) is 0.682. The standard InChI is InChI=1S/C15H18BrN3O/c1-19-15(10-2-3-10)12(8-18-19)7-17-14-5-4-13(16)6-11(14)9-20/h4-6,8,10,17,20H,2-3,7,9H2,1H3. The number of hydrogen-bond acceptors (Lipinski definition) is 3. The number of nitrogens with one attached hydrogen (secondary N) is 1. The molecule has 1 aromatic carbocycles. The van der Waals surface area contributed by atoms with Crippen molar-refractivity contribution in [1.82, 2.24) is 9.78 Å². The van der Waals surface area contributed by atoms with Crippen LogP contribution in [-0.2, 0) is 20.2 Å². The first-order chi connectivity index (χ1) is 9.69. The number of nitrogens with zero attached hydrogens (tertiary/aromatic N) is 2. The molecule has 0 saturated heterocycles. The largest absolute Gasteiger partial charge is 0.392 e. The first-order valence-corrected chi connectivity index (χ1v) is 7.62. The lowest BCUT2D eigenvalue weighted by molar-refractivity contribution is 0.282. The molecule has 0 unspecified atom stereocenters. The molecule has 0 spiro atoms. The minimum absolute atomic E-state index is 0.0320. The van der Waals surface area contributed by atoms with Gasteiger partial charge in [0.1, 0.15) is 0 Å². The Morgan fingerprint density at radius 3 is 2.90 bits per heavy atom. The van der Waals surface area contributed by atoms with Gasteiger partial charge in [0.25, 0.3) is 0 Å². The van der Waals surface area contributed by atoms with E-state index in [1.54, 1.807) is 0 Å². The first-order valence-electron chi connectivity index (χ1n) is 6.83. The fourth-order valence-corrected chi connectivity index (χ4v) is 2.98. The summed E-state index contributed by atoms with van der Waals surface area (Å²) >= 11 is 3.42. The zero-order valence-corrected chi connectivity index (χ0v) is 13.0. The van der Waals surface area contributed by atoms with Gasteiger partial charge in [-0.1, -0.05) is 15.9 Å². The summed E-state index contributed by atoms with van der Waals surface area (Å²) in [6.45, 7) is 0.776. The molecule has 4 nitrogen and oxygen atoms in total. The Labute approximate surface area is 126 Å². The van der Waals surface area contributed by atoms with E-state index in [-0.39, 0.29) is 6.61 Å². The van der Waals surface area contributed by atoms with Crippen LogP contribution in [0.5, 0.6) is 0 Å². The maximum absolute atomic E-state index is 9.42. The van der Waals surface area contributed by atoms with Gasteiger partial charge in [-0.25, -0.2) is 0 Å². The molecule has 1 saturated carbocycles. The molecule has 2 aromatic rings. The van der Waals surface area contributed by atoms with Crippen molar-refractivity contribution < 1.29 is 5.11 Å². The van der Waals surface area contributed by atoms with E-state index in [9.17, 15) is 5.11 Å². The smallest absolute Gasteiger partial charge is 0.0702 e. The van der Waals surface area contributed by atoms with Crippen molar-refractivity contribution >= 4 is 21.6 Å². The van der Waals surface area contributed by atoms with Crippen molar-refractivity contribution in [2.45, 2.75) is 31.9 Å². The van der Waals surface area contributed by atoms with E-state index in [2.05, 4.69) is 26.3 Å². The van der Waals surface area contributed by atoms with Crippen LogP contribution in [0.25, 0.3) is 0 Å². The lowest BCUT2D eigenvalue weighted by Crippen LogP contribution is -2.05. The van der Waals surface area contributed by atoms with Crippen molar-refractivity contribution in [2.24, 2.45) is 7.05 Å². The van der Waals surface area contributed by atoms with Crippen molar-refractivity contribution in [1.29, 1.82) is 0 Å². The molecule has 20 heavy (non-hydrogen) atoms. The van der Waals surface area contributed by atoms with E-state index in [1.165, 1.54) is 24.1 Å². The summed E-state index contributed by atoms with van der Waals surface area (Å²) in [5, 5.41) is 17.2. The van der Waals surface area contributed by atoms with E-state index in [4.69, 9.17) is 0 Å². The summed E-state index contributed by atoms with van der Waals surface area (Å²) in [6, 6.07) is 5.91. The van der Waals surface area contributed by atoms with Crippen LogP contribution in [-0.4, -0.2) is 14.9 Å². The highest BCUT2D eigenvalue weighted by molar-refractivity contribution is 9.10. The van der Waals surface area contributed by atoms with Gasteiger partial charge in [0.15, 0.2) is 0 Å². The molecule has 0 amide bonds. The molecule has 3 rings (SSSR count). The van der Waals surface area contributed by atoms with Gasteiger partial charge in [0, 0.05) is 46.5 Å². The van der Waals surface area contributed by atoms with Gasteiger partial charge in [-0.2, -0.15) is 5.10 Å². The number of hydrogen-bond donors (Lipinski definition) is 2. The maximum atomic E-state index is 9.42. The second kappa shape index (κ2) is 5.58. The van der Waals surface area contributed by atoms with Gasteiger partial charge in [-0.05, 0) is 31.0 Å². The third-order valence-corrected chi connectivity index (χ3v) is 4.23. The van der Waals surface area contributed by atoms with Crippen LogP contribution in [0.4, 0.5) is 5.69 Å². The average molecular weight is 336 g/mol. The summed E-state index contributed by atoms with van der Waals surface area (Å²) in [5.41, 5.74) is 4.47. The van der Waals surface area contributed by atoms with Crippen LogP contribution in [0.2, 0.25) is 0 Å². The zero-order chi connectivity index (χ0) is 14.1. The highest BCUT2D eigenvalue weighted by atomic mass is 79.9. The molecule has 0 aliphatic heterocycles. The number of rotatable bonds is 5. The van der Waals surface area contributed by atoms with Crippen LogP contribution in [0.1, 0.15) is 35.6 Å². The van der Waals surface area contributed by atoms with E-state index >= 15 is 0 Å². The normalized spacial score (nSPS) is 14.6.